The predicted octanol–water partition coefficient (Wildman–Crippen LogP) is 2.39. The summed E-state index contributed by atoms with van der Waals surface area (Å²) in [4.78, 5) is 13.2. The molecule has 8 heteroatoms. The number of carbonyl (C=O) groups excluding carboxylic acids is 1. The fourth-order valence-corrected chi connectivity index (χ4v) is 5.46. The van der Waals surface area contributed by atoms with Gasteiger partial charge in [0.05, 0.1) is 25.0 Å². The number of nitrogens with zero attached hydrogens (tertiary/aromatic N) is 1. The van der Waals surface area contributed by atoms with E-state index in [4.69, 9.17) is 9.47 Å². The Balaban J connectivity index is 1.69. The van der Waals surface area contributed by atoms with Crippen molar-refractivity contribution in [2.24, 2.45) is 5.92 Å². The minimum absolute atomic E-state index is 0.105. The van der Waals surface area contributed by atoms with Crippen LogP contribution in [-0.2, 0) is 14.8 Å². The molecule has 0 spiro atoms. The highest BCUT2D eigenvalue weighted by Gasteiger charge is 2.45. The molecule has 1 amide bonds. The number of rotatable bonds is 7. The van der Waals surface area contributed by atoms with Gasteiger partial charge < -0.3 is 14.8 Å². The van der Waals surface area contributed by atoms with Crippen LogP contribution in [0.2, 0.25) is 0 Å². The minimum atomic E-state index is -3.70. The number of amides is 1. The molecule has 0 bridgehead atoms. The molecular weight excluding hydrogens is 404 g/mol. The van der Waals surface area contributed by atoms with Gasteiger partial charge in [-0.15, -0.1) is 0 Å². The first-order valence-electron chi connectivity index (χ1n) is 10.0. The molecule has 1 N–H and O–H groups in total. The van der Waals surface area contributed by atoms with E-state index in [1.165, 1.54) is 4.31 Å². The monoisotopic (exact) mass is 430 g/mol. The molecule has 2 aromatic carbocycles. The number of ether oxygens (including phenoxy) is 2. The summed E-state index contributed by atoms with van der Waals surface area (Å²) in [6.07, 6.45) is 1.95. The molecule has 0 aromatic heterocycles. The SMILES string of the molecule is COc1ccc([C@H]2CN(S(=O)(=O)c3ccccc3)C[C@@H]2C(=O)NC2CC2)c(OC)c1. The maximum atomic E-state index is 13.2. The van der Waals surface area contributed by atoms with Crippen LogP contribution < -0.4 is 14.8 Å². The van der Waals surface area contributed by atoms with E-state index in [-0.39, 0.29) is 35.9 Å². The summed E-state index contributed by atoms with van der Waals surface area (Å²) < 4.78 is 38.7. The predicted molar refractivity (Wildman–Crippen MR) is 112 cm³/mol. The number of benzene rings is 2. The molecule has 4 rings (SSSR count). The lowest BCUT2D eigenvalue weighted by Gasteiger charge is -2.21. The molecule has 30 heavy (non-hydrogen) atoms. The molecule has 1 saturated carbocycles. The molecule has 1 saturated heterocycles. The Morgan fingerprint density at radius 2 is 1.77 bits per heavy atom. The molecule has 160 valence electrons. The topological polar surface area (TPSA) is 84.9 Å². The molecular formula is C22H26N2O5S. The highest BCUT2D eigenvalue weighted by Crippen LogP contribution is 2.41. The zero-order valence-corrected chi connectivity index (χ0v) is 17.9. The highest BCUT2D eigenvalue weighted by atomic mass is 32.2. The van der Waals surface area contributed by atoms with Gasteiger partial charge in [-0.05, 0) is 36.6 Å². The van der Waals surface area contributed by atoms with Crippen molar-refractivity contribution in [3.63, 3.8) is 0 Å². The summed E-state index contributed by atoms with van der Waals surface area (Å²) in [5.74, 6) is 0.310. The second-order valence-electron chi connectivity index (χ2n) is 7.74. The number of nitrogens with one attached hydrogen (secondary N) is 1. The Morgan fingerprint density at radius 3 is 2.40 bits per heavy atom. The van der Waals surface area contributed by atoms with E-state index in [9.17, 15) is 13.2 Å². The third-order valence-electron chi connectivity index (χ3n) is 5.77. The van der Waals surface area contributed by atoms with Crippen LogP contribution in [0.1, 0.15) is 24.3 Å². The van der Waals surface area contributed by atoms with Gasteiger partial charge in [-0.25, -0.2) is 8.42 Å². The Morgan fingerprint density at radius 1 is 1.03 bits per heavy atom. The second kappa shape index (κ2) is 8.28. The van der Waals surface area contributed by atoms with E-state index in [0.29, 0.717) is 11.5 Å². The lowest BCUT2D eigenvalue weighted by Crippen LogP contribution is -2.36. The quantitative estimate of drug-likeness (QED) is 0.729. The van der Waals surface area contributed by atoms with Crippen LogP contribution in [0.5, 0.6) is 11.5 Å². The summed E-state index contributed by atoms with van der Waals surface area (Å²) in [7, 11) is -0.569. The largest absolute Gasteiger partial charge is 0.497 e. The van der Waals surface area contributed by atoms with Crippen LogP contribution in [0.25, 0.3) is 0 Å². The summed E-state index contributed by atoms with van der Waals surface area (Å²) >= 11 is 0. The third-order valence-corrected chi connectivity index (χ3v) is 7.61. The van der Waals surface area contributed by atoms with Crippen molar-refractivity contribution in [2.75, 3.05) is 27.3 Å². The van der Waals surface area contributed by atoms with E-state index >= 15 is 0 Å². The normalized spacial score (nSPS) is 21.9. The molecule has 0 radical (unpaired) electrons. The van der Waals surface area contributed by atoms with E-state index in [1.54, 1.807) is 50.6 Å². The zero-order chi connectivity index (χ0) is 21.3. The maximum absolute atomic E-state index is 13.2. The van der Waals surface area contributed by atoms with Gasteiger partial charge in [0.15, 0.2) is 0 Å². The van der Waals surface area contributed by atoms with E-state index in [1.807, 2.05) is 12.1 Å². The fourth-order valence-electron chi connectivity index (χ4n) is 3.95. The lowest BCUT2D eigenvalue weighted by atomic mass is 9.87. The van der Waals surface area contributed by atoms with Crippen molar-refractivity contribution >= 4 is 15.9 Å². The number of carbonyl (C=O) groups is 1. The summed E-state index contributed by atoms with van der Waals surface area (Å²) in [5, 5.41) is 3.04. The van der Waals surface area contributed by atoms with Crippen LogP contribution >= 0.6 is 0 Å². The molecule has 1 heterocycles. The highest BCUT2D eigenvalue weighted by molar-refractivity contribution is 7.89. The van der Waals surface area contributed by atoms with Crippen molar-refractivity contribution < 1.29 is 22.7 Å². The van der Waals surface area contributed by atoms with Crippen molar-refractivity contribution in [2.45, 2.75) is 29.7 Å². The van der Waals surface area contributed by atoms with Gasteiger partial charge >= 0.3 is 0 Å². The Labute approximate surface area is 177 Å². The van der Waals surface area contributed by atoms with Crippen molar-refractivity contribution in [1.82, 2.24) is 9.62 Å². The first-order valence-corrected chi connectivity index (χ1v) is 11.5. The van der Waals surface area contributed by atoms with Gasteiger partial charge in [-0.1, -0.05) is 24.3 Å². The molecule has 2 aliphatic rings. The van der Waals surface area contributed by atoms with E-state index in [2.05, 4.69) is 5.32 Å². The second-order valence-corrected chi connectivity index (χ2v) is 9.68. The molecule has 1 aliphatic heterocycles. The fraction of sp³-hybridized carbons (Fsp3) is 0.409. The van der Waals surface area contributed by atoms with Crippen LogP contribution in [0.3, 0.4) is 0 Å². The molecule has 1 aliphatic carbocycles. The Kier molecular flexibility index (Phi) is 5.71. The summed E-state index contributed by atoms with van der Waals surface area (Å²) in [6.45, 7) is 0.346. The Hall–Kier alpha value is -2.58. The number of methoxy groups -OCH3 is 2. The zero-order valence-electron chi connectivity index (χ0n) is 17.1. The van der Waals surface area contributed by atoms with Gasteiger partial charge in [0.2, 0.25) is 15.9 Å². The minimum Gasteiger partial charge on any atom is -0.497 e. The van der Waals surface area contributed by atoms with E-state index in [0.717, 1.165) is 18.4 Å². The van der Waals surface area contributed by atoms with Crippen LogP contribution in [0.15, 0.2) is 53.4 Å². The van der Waals surface area contributed by atoms with Gasteiger partial charge in [0.1, 0.15) is 11.5 Å². The van der Waals surface area contributed by atoms with Crippen LogP contribution in [0, 0.1) is 5.92 Å². The first kappa shape index (κ1) is 20.7. The van der Waals surface area contributed by atoms with Gasteiger partial charge in [-0.2, -0.15) is 4.31 Å². The summed E-state index contributed by atoms with van der Waals surface area (Å²) in [5.41, 5.74) is 0.806. The van der Waals surface area contributed by atoms with Gasteiger partial charge in [-0.3, -0.25) is 4.79 Å². The molecule has 0 unspecified atom stereocenters. The average Bonchev–Trinajstić information content (AvgIpc) is 3.46. The molecule has 2 atom stereocenters. The lowest BCUT2D eigenvalue weighted by molar-refractivity contribution is -0.125. The van der Waals surface area contributed by atoms with Crippen molar-refractivity contribution in [1.29, 1.82) is 0 Å². The van der Waals surface area contributed by atoms with Crippen LogP contribution in [0.4, 0.5) is 0 Å². The molecule has 2 aromatic rings. The number of hydrogen-bond acceptors (Lipinski definition) is 5. The smallest absolute Gasteiger partial charge is 0.243 e. The maximum Gasteiger partial charge on any atom is 0.243 e. The Bertz CT molecular complexity index is 1020. The van der Waals surface area contributed by atoms with Crippen LogP contribution in [-0.4, -0.2) is 52.0 Å². The van der Waals surface area contributed by atoms with Gasteiger partial charge in [0.25, 0.3) is 0 Å². The van der Waals surface area contributed by atoms with Crippen molar-refractivity contribution in [3.05, 3.63) is 54.1 Å². The van der Waals surface area contributed by atoms with E-state index < -0.39 is 15.9 Å². The third kappa shape index (κ3) is 4.02. The molecule has 7 nitrogen and oxygen atoms in total. The first-order chi connectivity index (χ1) is 14.4. The standard InChI is InChI=1S/C22H26N2O5S/c1-28-16-10-11-18(21(12-16)29-2)19-13-24(14-20(19)22(25)23-15-8-9-15)30(26,27)17-6-4-3-5-7-17/h3-7,10-12,15,19-20H,8-9,13-14H2,1-2H3,(H,23,25)/t19-,20+/m1/s1. The molecule has 2 fully saturated rings. The van der Waals surface area contributed by atoms with Gasteiger partial charge in [0, 0.05) is 31.1 Å². The summed E-state index contributed by atoms with van der Waals surface area (Å²) in [6, 6.07) is 14.0. The number of hydrogen-bond donors (Lipinski definition) is 1. The number of sulfonamides is 1. The average molecular weight is 431 g/mol. The van der Waals surface area contributed by atoms with Crippen molar-refractivity contribution in [3.8, 4) is 11.5 Å².